The molecule has 1 fully saturated rings. The van der Waals surface area contributed by atoms with E-state index in [9.17, 15) is 18.0 Å². The molecule has 150 valence electrons. The molecule has 0 spiro atoms. The molecule has 2 aliphatic rings. The van der Waals surface area contributed by atoms with E-state index in [1.165, 1.54) is 18.2 Å². The van der Waals surface area contributed by atoms with Gasteiger partial charge in [-0.1, -0.05) is 13.8 Å². The van der Waals surface area contributed by atoms with Crippen LogP contribution in [0.15, 0.2) is 23.1 Å². The number of carbonyl (C=O) groups excluding carboxylic acids is 2. The molecule has 1 saturated heterocycles. The van der Waals surface area contributed by atoms with Crippen molar-refractivity contribution < 1.29 is 18.0 Å². The number of fused-ring (bicyclic) bond motifs is 1. The number of sulfonamides is 1. The SMILES string of the molecule is CC(C)N1C(=O)c2ccc(C(=O)N3CCC(N)C(C)(C)C3)cc2S1(=O)=O.Cl. The van der Waals surface area contributed by atoms with Gasteiger partial charge < -0.3 is 10.6 Å². The summed E-state index contributed by atoms with van der Waals surface area (Å²) in [6.07, 6.45) is 0.696. The van der Waals surface area contributed by atoms with E-state index in [1.807, 2.05) is 13.8 Å². The number of amides is 2. The minimum absolute atomic E-state index is 0. The molecule has 0 radical (unpaired) electrons. The first kappa shape index (κ1) is 21.7. The van der Waals surface area contributed by atoms with E-state index in [2.05, 4.69) is 0 Å². The number of rotatable bonds is 2. The van der Waals surface area contributed by atoms with Gasteiger partial charge in [0.15, 0.2) is 0 Å². The van der Waals surface area contributed by atoms with E-state index in [0.717, 1.165) is 4.31 Å². The summed E-state index contributed by atoms with van der Waals surface area (Å²) in [5.41, 5.74) is 6.31. The maximum Gasteiger partial charge on any atom is 0.269 e. The molecular formula is C18H26ClN3O4S. The van der Waals surface area contributed by atoms with E-state index in [0.29, 0.717) is 19.5 Å². The lowest BCUT2D eigenvalue weighted by atomic mass is 9.79. The number of halogens is 1. The molecule has 2 N–H and O–H groups in total. The molecule has 2 heterocycles. The Labute approximate surface area is 166 Å². The lowest BCUT2D eigenvalue weighted by molar-refractivity contribution is 0.0532. The van der Waals surface area contributed by atoms with E-state index < -0.39 is 22.0 Å². The first-order valence-electron chi connectivity index (χ1n) is 8.74. The molecule has 1 unspecified atom stereocenters. The lowest BCUT2D eigenvalue weighted by Gasteiger charge is -2.42. The number of nitrogens with two attached hydrogens (primary N) is 1. The average molecular weight is 416 g/mol. The van der Waals surface area contributed by atoms with Crippen molar-refractivity contribution in [2.75, 3.05) is 13.1 Å². The van der Waals surface area contributed by atoms with Crippen molar-refractivity contribution in [1.29, 1.82) is 0 Å². The zero-order valence-corrected chi connectivity index (χ0v) is 17.6. The van der Waals surface area contributed by atoms with Crippen LogP contribution >= 0.6 is 12.4 Å². The third-order valence-electron chi connectivity index (χ3n) is 5.26. The highest BCUT2D eigenvalue weighted by molar-refractivity contribution is 7.90. The van der Waals surface area contributed by atoms with Crippen molar-refractivity contribution in [2.45, 2.75) is 51.1 Å². The molecular weight excluding hydrogens is 390 g/mol. The van der Waals surface area contributed by atoms with Crippen LogP contribution in [0, 0.1) is 5.41 Å². The first-order chi connectivity index (χ1) is 12.0. The number of likely N-dealkylation sites (tertiary alicyclic amines) is 1. The predicted molar refractivity (Wildman–Crippen MR) is 104 cm³/mol. The van der Waals surface area contributed by atoms with E-state index >= 15 is 0 Å². The van der Waals surface area contributed by atoms with E-state index in [-0.39, 0.29) is 45.8 Å². The third kappa shape index (κ3) is 3.46. The van der Waals surface area contributed by atoms with Crippen LogP contribution in [0.1, 0.15) is 54.8 Å². The highest BCUT2D eigenvalue weighted by atomic mass is 35.5. The largest absolute Gasteiger partial charge is 0.338 e. The Morgan fingerprint density at radius 1 is 1.30 bits per heavy atom. The molecule has 1 aromatic carbocycles. The number of nitrogens with zero attached hydrogens (tertiary/aromatic N) is 2. The second-order valence-corrected chi connectivity index (χ2v) is 9.80. The van der Waals surface area contributed by atoms with Gasteiger partial charge in [0.1, 0.15) is 4.90 Å². The van der Waals surface area contributed by atoms with Gasteiger partial charge in [0.05, 0.1) is 5.56 Å². The number of piperidine rings is 1. The van der Waals surface area contributed by atoms with Crippen molar-refractivity contribution in [1.82, 2.24) is 9.21 Å². The van der Waals surface area contributed by atoms with Crippen molar-refractivity contribution in [2.24, 2.45) is 11.1 Å². The van der Waals surface area contributed by atoms with Crippen LogP contribution in [-0.4, -0.2) is 54.6 Å². The molecule has 3 rings (SSSR count). The Morgan fingerprint density at radius 3 is 2.48 bits per heavy atom. The van der Waals surface area contributed by atoms with Crippen LogP contribution in [0.2, 0.25) is 0 Å². The average Bonchev–Trinajstić information content (AvgIpc) is 2.75. The van der Waals surface area contributed by atoms with Crippen molar-refractivity contribution in [3.05, 3.63) is 29.3 Å². The van der Waals surface area contributed by atoms with Gasteiger partial charge in [-0.2, -0.15) is 0 Å². The van der Waals surface area contributed by atoms with Gasteiger partial charge >= 0.3 is 0 Å². The number of hydrogen-bond donors (Lipinski definition) is 1. The van der Waals surface area contributed by atoms with Crippen LogP contribution in [0.3, 0.4) is 0 Å². The Balaban J connectivity index is 0.00000261. The topological polar surface area (TPSA) is 101 Å². The van der Waals surface area contributed by atoms with Gasteiger partial charge in [0.2, 0.25) is 0 Å². The normalized spacial score (nSPS) is 23.2. The van der Waals surface area contributed by atoms with Crippen molar-refractivity contribution >= 4 is 34.2 Å². The Kier molecular flexibility index (Phi) is 5.67. The van der Waals surface area contributed by atoms with Crippen LogP contribution < -0.4 is 5.73 Å². The second-order valence-electron chi connectivity index (χ2n) is 8.02. The Hall–Kier alpha value is -1.64. The molecule has 27 heavy (non-hydrogen) atoms. The quantitative estimate of drug-likeness (QED) is 0.794. The first-order valence-corrected chi connectivity index (χ1v) is 10.2. The van der Waals surface area contributed by atoms with Gasteiger partial charge in [-0.15, -0.1) is 12.4 Å². The molecule has 2 aliphatic heterocycles. The van der Waals surface area contributed by atoms with Crippen molar-refractivity contribution in [3.8, 4) is 0 Å². The summed E-state index contributed by atoms with van der Waals surface area (Å²) >= 11 is 0. The van der Waals surface area contributed by atoms with Crippen LogP contribution in [0.5, 0.6) is 0 Å². The Bertz CT molecular complexity index is 883. The number of benzene rings is 1. The minimum Gasteiger partial charge on any atom is -0.338 e. The monoisotopic (exact) mass is 415 g/mol. The molecule has 0 saturated carbocycles. The number of hydrogen-bond acceptors (Lipinski definition) is 5. The fourth-order valence-electron chi connectivity index (χ4n) is 3.62. The summed E-state index contributed by atoms with van der Waals surface area (Å²) in [7, 11) is -3.92. The molecule has 1 atom stereocenters. The molecule has 2 amide bonds. The Morgan fingerprint density at radius 2 is 1.93 bits per heavy atom. The van der Waals surface area contributed by atoms with E-state index in [1.54, 1.807) is 18.7 Å². The van der Waals surface area contributed by atoms with Crippen LogP contribution in [0.4, 0.5) is 0 Å². The van der Waals surface area contributed by atoms with Gasteiger partial charge in [-0.05, 0) is 43.9 Å². The predicted octanol–water partition coefficient (Wildman–Crippen LogP) is 1.86. The molecule has 0 bridgehead atoms. The molecule has 0 aromatic heterocycles. The van der Waals surface area contributed by atoms with E-state index in [4.69, 9.17) is 5.73 Å². The van der Waals surface area contributed by atoms with Crippen LogP contribution in [-0.2, 0) is 10.0 Å². The molecule has 1 aromatic rings. The second kappa shape index (κ2) is 7.07. The molecule has 0 aliphatic carbocycles. The zero-order valence-electron chi connectivity index (χ0n) is 15.9. The van der Waals surface area contributed by atoms with Crippen LogP contribution in [0.25, 0.3) is 0 Å². The zero-order chi connectivity index (χ0) is 19.4. The maximum atomic E-state index is 12.9. The summed E-state index contributed by atoms with van der Waals surface area (Å²) in [6, 6.07) is 3.83. The smallest absolute Gasteiger partial charge is 0.269 e. The third-order valence-corrected chi connectivity index (χ3v) is 7.26. The van der Waals surface area contributed by atoms with Gasteiger partial charge in [0.25, 0.3) is 21.8 Å². The highest BCUT2D eigenvalue weighted by Crippen LogP contribution is 2.34. The minimum atomic E-state index is -3.92. The molecule has 7 nitrogen and oxygen atoms in total. The standard InChI is InChI=1S/C18H25N3O4S.ClH/c1-11(2)21-17(23)13-6-5-12(9-14(13)26(21,24)25)16(22)20-8-7-15(19)18(3,4)10-20;/h5-6,9,11,15H,7-8,10,19H2,1-4H3;1H. The fourth-order valence-corrected chi connectivity index (χ4v) is 5.41. The summed E-state index contributed by atoms with van der Waals surface area (Å²) < 4.78 is 26.3. The summed E-state index contributed by atoms with van der Waals surface area (Å²) in [6.45, 7) is 8.37. The molecule has 9 heteroatoms. The fraction of sp³-hybridized carbons (Fsp3) is 0.556. The van der Waals surface area contributed by atoms with Gasteiger partial charge in [-0.25, -0.2) is 12.7 Å². The number of carbonyl (C=O) groups is 2. The van der Waals surface area contributed by atoms with Gasteiger partial charge in [0, 0.05) is 30.7 Å². The van der Waals surface area contributed by atoms with Gasteiger partial charge in [-0.3, -0.25) is 9.59 Å². The maximum absolute atomic E-state index is 12.9. The lowest BCUT2D eigenvalue weighted by Crippen LogP contribution is -2.54. The van der Waals surface area contributed by atoms with Crippen molar-refractivity contribution in [3.63, 3.8) is 0 Å². The summed E-state index contributed by atoms with van der Waals surface area (Å²) in [5.74, 6) is -0.780. The summed E-state index contributed by atoms with van der Waals surface area (Å²) in [4.78, 5) is 26.9. The highest BCUT2D eigenvalue weighted by Gasteiger charge is 2.43. The summed E-state index contributed by atoms with van der Waals surface area (Å²) in [5, 5.41) is 0.